The Kier molecular flexibility index (Phi) is 23.8. The van der Waals surface area contributed by atoms with Crippen LogP contribution < -0.4 is 14.6 Å². The molecule has 0 heterocycles. The van der Waals surface area contributed by atoms with Crippen LogP contribution in [0.2, 0.25) is 0 Å². The molecule has 0 spiro atoms. The number of phenols is 1. The fourth-order valence-corrected chi connectivity index (χ4v) is 7.64. The van der Waals surface area contributed by atoms with E-state index in [2.05, 4.69) is 13.8 Å². The molecule has 4 aromatic carbocycles. The van der Waals surface area contributed by atoms with E-state index in [0.717, 1.165) is 57.1 Å². The van der Waals surface area contributed by atoms with E-state index in [1.807, 2.05) is 6.07 Å². The summed E-state index contributed by atoms with van der Waals surface area (Å²) in [6.45, 7) is 4.38. The zero-order valence-electron chi connectivity index (χ0n) is 33.5. The number of unbranched alkanes of at least 4 members (excludes halogenated alkanes) is 14. The number of benzene rings is 4. The van der Waals surface area contributed by atoms with Crippen molar-refractivity contribution in [2.75, 3.05) is 0 Å². The van der Waals surface area contributed by atoms with Gasteiger partial charge in [-0.15, -0.1) is 5.75 Å². The van der Waals surface area contributed by atoms with E-state index in [1.54, 1.807) is 54.6 Å². The van der Waals surface area contributed by atoms with Gasteiger partial charge in [0.1, 0.15) is 38.0 Å². The maximum atomic E-state index is 12.4. The Labute approximate surface area is 370 Å². The van der Waals surface area contributed by atoms with Gasteiger partial charge in [0.15, 0.2) is 5.75 Å². The molecular weight excluding hydrogens is 793 g/mol. The van der Waals surface area contributed by atoms with Gasteiger partial charge < -0.3 is 24.2 Å². The van der Waals surface area contributed by atoms with Crippen molar-refractivity contribution in [3.8, 4) is 34.5 Å². The van der Waals surface area contributed by atoms with Crippen LogP contribution in [0, 0.1) is 0 Å². The number of phenolic OH excluding ortho intramolecular Hbond substituents is 1. The molecule has 0 aliphatic carbocycles. The number of hydrogen-bond acceptors (Lipinski definition) is 9. The van der Waals surface area contributed by atoms with Crippen LogP contribution in [0.3, 0.4) is 0 Å². The third kappa shape index (κ3) is 18.3. The summed E-state index contributed by atoms with van der Waals surface area (Å²) >= 11 is 0. The monoisotopic (exact) mass is 850 g/mol. The summed E-state index contributed by atoms with van der Waals surface area (Å²) in [4.78, 5) is -0.811. The SMILES string of the molecule is CCCCCCCCCCc1c(O)ccc(S(=O)(=O)O)c1Oc1ccccc1.CCCCCCCCCCc1c([O-])ccc(S(=O)(=O)[O-])c1Oc1ccccc1.[Ca+2]. The number of para-hydroxylation sites is 2. The smallest absolute Gasteiger partial charge is 0.872 e. The van der Waals surface area contributed by atoms with Crippen molar-refractivity contribution in [3.63, 3.8) is 0 Å². The number of aromatic hydroxyl groups is 1. The van der Waals surface area contributed by atoms with Gasteiger partial charge in [-0.1, -0.05) is 146 Å². The van der Waals surface area contributed by atoms with E-state index in [0.29, 0.717) is 29.9 Å². The summed E-state index contributed by atoms with van der Waals surface area (Å²) in [6.07, 6.45) is 18.8. The Bertz CT molecular complexity index is 1810. The first-order valence-electron chi connectivity index (χ1n) is 19.9. The first-order chi connectivity index (χ1) is 26.9. The molecule has 0 unspecified atom stereocenters. The second-order valence-corrected chi connectivity index (χ2v) is 16.7. The van der Waals surface area contributed by atoms with E-state index in [1.165, 1.54) is 69.9 Å². The van der Waals surface area contributed by atoms with Crippen LogP contribution in [-0.4, -0.2) is 68.8 Å². The molecule has 4 rings (SSSR count). The van der Waals surface area contributed by atoms with Crippen molar-refractivity contribution >= 4 is 58.0 Å². The molecule has 0 radical (unpaired) electrons. The molecule has 0 aromatic heterocycles. The molecule has 0 amide bonds. The summed E-state index contributed by atoms with van der Waals surface area (Å²) in [6, 6.07) is 22.0. The summed E-state index contributed by atoms with van der Waals surface area (Å²) in [5, 5.41) is 22.7. The Hall–Kier alpha value is -2.84. The van der Waals surface area contributed by atoms with Crippen LogP contribution in [-0.2, 0) is 33.1 Å². The maximum absolute atomic E-state index is 12.4. The Morgan fingerprint density at radius 1 is 0.526 bits per heavy atom. The molecule has 57 heavy (non-hydrogen) atoms. The Balaban J connectivity index is 0.000000387. The Morgan fingerprint density at radius 2 is 0.912 bits per heavy atom. The van der Waals surface area contributed by atoms with Crippen LogP contribution in [0.5, 0.6) is 34.5 Å². The van der Waals surface area contributed by atoms with E-state index in [9.17, 15) is 36.2 Å². The predicted molar refractivity (Wildman–Crippen MR) is 223 cm³/mol. The first kappa shape index (κ1) is 50.3. The molecule has 13 heteroatoms. The largest absolute Gasteiger partial charge is 2.00 e. The van der Waals surface area contributed by atoms with Crippen molar-refractivity contribution in [2.45, 2.75) is 139 Å². The van der Waals surface area contributed by atoms with Gasteiger partial charge in [-0.25, -0.2) is 8.42 Å². The molecule has 308 valence electrons. The minimum absolute atomic E-state index is 0. The molecule has 0 atom stereocenters. The van der Waals surface area contributed by atoms with Crippen molar-refractivity contribution in [2.24, 2.45) is 0 Å². The minimum Gasteiger partial charge on any atom is -0.872 e. The van der Waals surface area contributed by atoms with E-state index < -0.39 is 25.1 Å². The standard InChI is InChI=1S/2C22H30O5S.Ca/c2*1-2-3-4-5-6-7-8-12-15-19-20(23)16-17-21(28(24,25)26)22(19)27-18-13-10-9-11-14-18;/h2*9-11,13-14,16-17,23H,2-8,12,15H2,1H3,(H,24,25,26);/q;;+2/p-2. The number of rotatable bonds is 24. The average molecular weight is 851 g/mol. The second kappa shape index (κ2) is 27.0. The molecule has 0 saturated heterocycles. The van der Waals surface area contributed by atoms with Crippen LogP contribution >= 0.6 is 0 Å². The molecule has 2 N–H and O–H groups in total. The summed E-state index contributed by atoms with van der Waals surface area (Å²) in [5.74, 6) is 0.362. The average Bonchev–Trinajstić information content (AvgIpc) is 3.16. The second-order valence-electron chi connectivity index (χ2n) is 14.0. The predicted octanol–water partition coefficient (Wildman–Crippen LogP) is 10.9. The zero-order chi connectivity index (χ0) is 40.8. The van der Waals surface area contributed by atoms with Gasteiger partial charge >= 0.3 is 37.7 Å². The quantitative estimate of drug-likeness (QED) is 0.0392. The van der Waals surface area contributed by atoms with E-state index >= 15 is 0 Å². The minimum atomic E-state index is -4.75. The van der Waals surface area contributed by atoms with Crippen LogP contribution in [0.25, 0.3) is 0 Å². The molecule has 0 aliphatic heterocycles. The van der Waals surface area contributed by atoms with Gasteiger partial charge in [0.25, 0.3) is 10.1 Å². The van der Waals surface area contributed by atoms with Crippen molar-refractivity contribution in [3.05, 3.63) is 96.1 Å². The molecule has 10 nitrogen and oxygen atoms in total. The van der Waals surface area contributed by atoms with Crippen molar-refractivity contribution < 1.29 is 45.6 Å². The van der Waals surface area contributed by atoms with Crippen LogP contribution in [0.15, 0.2) is 94.7 Å². The number of hydrogen-bond donors (Lipinski definition) is 2. The van der Waals surface area contributed by atoms with Gasteiger partial charge in [0.2, 0.25) is 0 Å². The maximum Gasteiger partial charge on any atom is 2.00 e. The number of ether oxygens (including phenoxy) is 2. The van der Waals surface area contributed by atoms with Crippen LogP contribution in [0.4, 0.5) is 0 Å². The Morgan fingerprint density at radius 3 is 1.33 bits per heavy atom. The van der Waals surface area contributed by atoms with Crippen LogP contribution in [0.1, 0.15) is 128 Å². The van der Waals surface area contributed by atoms with E-state index in [-0.39, 0.29) is 71.2 Å². The summed E-state index contributed by atoms with van der Waals surface area (Å²) < 4.78 is 79.7. The van der Waals surface area contributed by atoms with Crippen molar-refractivity contribution in [1.82, 2.24) is 0 Å². The van der Waals surface area contributed by atoms with Gasteiger partial charge in [-0.2, -0.15) is 8.42 Å². The fourth-order valence-electron chi connectivity index (χ4n) is 6.37. The molecule has 0 fully saturated rings. The van der Waals surface area contributed by atoms with Gasteiger partial charge in [0, 0.05) is 5.56 Å². The van der Waals surface area contributed by atoms with Gasteiger partial charge in [-0.05, 0) is 73.7 Å². The van der Waals surface area contributed by atoms with E-state index in [4.69, 9.17) is 9.47 Å². The van der Waals surface area contributed by atoms with Crippen molar-refractivity contribution in [1.29, 1.82) is 0 Å². The molecule has 0 aliphatic rings. The van der Waals surface area contributed by atoms with Gasteiger partial charge in [-0.3, -0.25) is 4.55 Å². The first-order valence-corrected chi connectivity index (χ1v) is 22.8. The normalized spacial score (nSPS) is 11.3. The molecule has 0 bridgehead atoms. The third-order valence-electron chi connectivity index (χ3n) is 9.42. The molecular formula is C44H58CaO10S2. The molecule has 4 aromatic rings. The summed E-state index contributed by atoms with van der Waals surface area (Å²) in [5.41, 5.74) is 0.664. The summed E-state index contributed by atoms with van der Waals surface area (Å²) in [7, 11) is -9.23. The zero-order valence-corrected chi connectivity index (χ0v) is 37.3. The topological polar surface area (TPSA) is 173 Å². The molecule has 0 saturated carbocycles. The van der Waals surface area contributed by atoms with Gasteiger partial charge in [0.05, 0.1) is 4.90 Å². The fraction of sp³-hybridized carbons (Fsp3) is 0.455. The third-order valence-corrected chi connectivity index (χ3v) is 11.2.